The van der Waals surface area contributed by atoms with Crippen LogP contribution in [0.2, 0.25) is 0 Å². The van der Waals surface area contributed by atoms with Crippen LogP contribution in [0.4, 0.5) is 0 Å². The lowest BCUT2D eigenvalue weighted by molar-refractivity contribution is 0.305. The smallest absolute Gasteiger partial charge is 0.120 e. The number of pyridine rings is 1. The van der Waals surface area contributed by atoms with Crippen LogP contribution in [-0.2, 0) is 6.61 Å². The fourth-order valence-electron chi connectivity index (χ4n) is 2.98. The summed E-state index contributed by atoms with van der Waals surface area (Å²) in [6.07, 6.45) is 3.53. The third-order valence-corrected chi connectivity index (χ3v) is 7.53. The molecule has 26 heavy (non-hydrogen) atoms. The second-order valence-corrected chi connectivity index (χ2v) is 9.49. The van der Waals surface area contributed by atoms with E-state index in [0.717, 1.165) is 21.8 Å². The Labute approximate surface area is 158 Å². The van der Waals surface area contributed by atoms with Crippen LogP contribution < -0.4 is 4.74 Å². The summed E-state index contributed by atoms with van der Waals surface area (Å²) in [5, 5.41) is 0.0322. The molecule has 0 bridgehead atoms. The highest BCUT2D eigenvalue weighted by atomic mass is 32.3. The van der Waals surface area contributed by atoms with Crippen molar-refractivity contribution in [2.45, 2.75) is 21.6 Å². The second kappa shape index (κ2) is 7.32. The molecule has 0 radical (unpaired) electrons. The summed E-state index contributed by atoms with van der Waals surface area (Å²) in [7, 11) is -2.69. The Morgan fingerprint density at radius 1 is 1.08 bits per heavy atom. The maximum atomic E-state index is 10.4. The first-order valence-corrected chi connectivity index (χ1v) is 10.8. The Bertz CT molecular complexity index is 902. The van der Waals surface area contributed by atoms with Gasteiger partial charge in [-0.3, -0.25) is 14.1 Å². The van der Waals surface area contributed by atoms with Crippen molar-refractivity contribution in [3.63, 3.8) is 0 Å². The SMILES string of the molecule is OS1(O)CC(Sc2cccc(OCc3cccnc3)c2)c2ccccc21. The lowest BCUT2D eigenvalue weighted by Crippen LogP contribution is -1.99. The van der Waals surface area contributed by atoms with Crippen LogP contribution >= 0.6 is 22.4 Å². The van der Waals surface area contributed by atoms with Gasteiger partial charge in [0.2, 0.25) is 0 Å². The fourth-order valence-corrected chi connectivity index (χ4v) is 6.57. The summed E-state index contributed by atoms with van der Waals surface area (Å²) in [5.41, 5.74) is 2.03. The number of ether oxygens (including phenoxy) is 1. The first-order chi connectivity index (χ1) is 12.6. The number of nitrogens with zero attached hydrogens (tertiary/aromatic N) is 1. The Balaban J connectivity index is 1.48. The zero-order valence-corrected chi connectivity index (χ0v) is 15.6. The van der Waals surface area contributed by atoms with Crippen LogP contribution in [0.15, 0.2) is 82.8 Å². The van der Waals surface area contributed by atoms with Crippen LogP contribution in [0, 0.1) is 0 Å². The second-order valence-electron chi connectivity index (χ2n) is 6.10. The van der Waals surface area contributed by atoms with Gasteiger partial charge in [0.1, 0.15) is 12.4 Å². The van der Waals surface area contributed by atoms with Gasteiger partial charge in [0.25, 0.3) is 0 Å². The molecule has 0 spiro atoms. The molecule has 1 unspecified atom stereocenters. The third kappa shape index (κ3) is 3.73. The molecule has 0 amide bonds. The van der Waals surface area contributed by atoms with E-state index in [9.17, 15) is 9.11 Å². The van der Waals surface area contributed by atoms with E-state index in [-0.39, 0.29) is 5.25 Å². The number of benzene rings is 2. The summed E-state index contributed by atoms with van der Waals surface area (Å²) in [5.74, 6) is 1.15. The van der Waals surface area contributed by atoms with E-state index in [0.29, 0.717) is 17.3 Å². The van der Waals surface area contributed by atoms with E-state index in [1.807, 2.05) is 60.7 Å². The molecule has 0 saturated carbocycles. The summed E-state index contributed by atoms with van der Waals surface area (Å²) >= 11 is 1.64. The van der Waals surface area contributed by atoms with Gasteiger partial charge < -0.3 is 4.74 Å². The highest BCUT2D eigenvalue weighted by Gasteiger charge is 2.35. The molecule has 1 aliphatic rings. The van der Waals surface area contributed by atoms with Crippen molar-refractivity contribution in [3.05, 3.63) is 84.2 Å². The molecule has 4 nitrogen and oxygen atoms in total. The van der Waals surface area contributed by atoms with Gasteiger partial charge in [-0.25, -0.2) is 0 Å². The number of fused-ring (bicyclic) bond motifs is 1. The largest absolute Gasteiger partial charge is 0.489 e. The van der Waals surface area contributed by atoms with Crippen LogP contribution in [0.25, 0.3) is 0 Å². The predicted molar refractivity (Wildman–Crippen MR) is 106 cm³/mol. The van der Waals surface area contributed by atoms with Gasteiger partial charge in [0, 0.05) is 22.9 Å². The van der Waals surface area contributed by atoms with Gasteiger partial charge in [-0.15, -0.1) is 11.8 Å². The van der Waals surface area contributed by atoms with Crippen LogP contribution in [0.5, 0.6) is 5.75 Å². The zero-order valence-electron chi connectivity index (χ0n) is 14.0. The highest BCUT2D eigenvalue weighted by Crippen LogP contribution is 2.62. The number of rotatable bonds is 5. The van der Waals surface area contributed by atoms with Crippen LogP contribution in [0.3, 0.4) is 0 Å². The van der Waals surface area contributed by atoms with E-state index >= 15 is 0 Å². The number of hydrogen-bond acceptors (Lipinski definition) is 5. The Kier molecular flexibility index (Phi) is 4.91. The number of aromatic nitrogens is 1. The van der Waals surface area contributed by atoms with E-state index < -0.39 is 10.6 Å². The maximum absolute atomic E-state index is 10.4. The molecular weight excluding hydrogens is 366 g/mol. The Morgan fingerprint density at radius 2 is 1.96 bits per heavy atom. The van der Waals surface area contributed by atoms with Gasteiger partial charge in [0.05, 0.1) is 15.9 Å². The van der Waals surface area contributed by atoms with E-state index in [1.54, 1.807) is 24.2 Å². The van der Waals surface area contributed by atoms with Gasteiger partial charge in [0.15, 0.2) is 0 Å². The molecule has 1 aliphatic heterocycles. The molecule has 6 heteroatoms. The van der Waals surface area contributed by atoms with Crippen molar-refractivity contribution < 1.29 is 13.8 Å². The summed E-state index contributed by atoms with van der Waals surface area (Å²) < 4.78 is 26.6. The third-order valence-electron chi connectivity index (χ3n) is 4.21. The molecule has 0 aliphatic carbocycles. The van der Waals surface area contributed by atoms with Gasteiger partial charge >= 0.3 is 0 Å². The van der Waals surface area contributed by atoms with Crippen molar-refractivity contribution in [2.24, 2.45) is 0 Å². The molecule has 4 rings (SSSR count). The lowest BCUT2D eigenvalue weighted by Gasteiger charge is -2.27. The number of hydrogen-bond donors (Lipinski definition) is 2. The standard InChI is InChI=1S/C20H19NO3S2/c22-26(23)14-19(18-8-1-2-9-20(18)26)25-17-7-3-6-16(11-17)24-13-15-5-4-10-21-12-15/h1-12,19,22-23H,13-14H2. The van der Waals surface area contributed by atoms with Gasteiger partial charge in [-0.05, 0) is 35.9 Å². The molecule has 0 fully saturated rings. The van der Waals surface area contributed by atoms with E-state index in [2.05, 4.69) is 4.98 Å². The van der Waals surface area contributed by atoms with E-state index in [1.165, 1.54) is 0 Å². The number of thioether (sulfide) groups is 1. The predicted octanol–water partition coefficient (Wildman–Crippen LogP) is 5.62. The van der Waals surface area contributed by atoms with Crippen molar-refractivity contribution in [3.8, 4) is 5.75 Å². The molecule has 2 aromatic carbocycles. The van der Waals surface area contributed by atoms with Crippen molar-refractivity contribution in [1.82, 2.24) is 4.98 Å². The van der Waals surface area contributed by atoms with Crippen molar-refractivity contribution >= 4 is 22.4 Å². The highest BCUT2D eigenvalue weighted by molar-refractivity contribution is 8.25. The maximum Gasteiger partial charge on any atom is 0.120 e. The first kappa shape index (κ1) is 17.4. The molecule has 2 N–H and O–H groups in total. The average Bonchev–Trinajstić information content (AvgIpc) is 2.92. The summed E-state index contributed by atoms with van der Waals surface area (Å²) in [6, 6.07) is 19.4. The van der Waals surface area contributed by atoms with E-state index in [4.69, 9.17) is 4.74 Å². The minimum absolute atomic E-state index is 0.0322. The van der Waals surface area contributed by atoms with Crippen LogP contribution in [0.1, 0.15) is 16.4 Å². The monoisotopic (exact) mass is 385 g/mol. The lowest BCUT2D eigenvalue weighted by atomic mass is 10.2. The molecule has 0 saturated heterocycles. The normalized spacial score (nSPS) is 18.9. The topological polar surface area (TPSA) is 62.6 Å². The van der Waals surface area contributed by atoms with Gasteiger partial charge in [-0.1, -0.05) is 30.3 Å². The minimum Gasteiger partial charge on any atom is -0.489 e. The first-order valence-electron chi connectivity index (χ1n) is 8.25. The minimum atomic E-state index is -2.69. The Hall–Kier alpha value is -1.99. The molecule has 3 aromatic rings. The zero-order chi connectivity index (χ0) is 18.0. The summed E-state index contributed by atoms with van der Waals surface area (Å²) in [4.78, 5) is 5.82. The molecule has 134 valence electrons. The average molecular weight is 386 g/mol. The van der Waals surface area contributed by atoms with Crippen molar-refractivity contribution in [1.29, 1.82) is 0 Å². The molecular formula is C20H19NO3S2. The van der Waals surface area contributed by atoms with Crippen LogP contribution in [-0.4, -0.2) is 19.8 Å². The fraction of sp³-hybridized carbons (Fsp3) is 0.150. The Morgan fingerprint density at radius 3 is 2.81 bits per heavy atom. The summed E-state index contributed by atoms with van der Waals surface area (Å²) in [6.45, 7) is 0.467. The quantitative estimate of drug-likeness (QED) is 0.597. The molecule has 2 heterocycles. The molecule has 1 atom stereocenters. The van der Waals surface area contributed by atoms with Crippen molar-refractivity contribution in [2.75, 3.05) is 5.75 Å². The van der Waals surface area contributed by atoms with Gasteiger partial charge in [-0.2, -0.15) is 10.6 Å². The molecule has 1 aromatic heterocycles.